The second kappa shape index (κ2) is 10.4. The third-order valence-electron chi connectivity index (χ3n) is 8.39. The standard InChI is InChI=1S/C31H44N2O2/c1-7-9-15-31(16-10-8-2)27-21-23(29(34)30(3,4)33-17-19-35-20-18-33)11-13-25(27)26-14-12-24(32(5)6)22-28(26)31/h11-14,21-22H,7-10,15-20H2,1-6H3. The van der Waals surface area contributed by atoms with Gasteiger partial charge in [-0.2, -0.15) is 0 Å². The molecule has 190 valence electrons. The van der Waals surface area contributed by atoms with E-state index in [1.165, 1.54) is 53.6 Å². The Bertz CT molecular complexity index is 1040. The van der Waals surface area contributed by atoms with Crippen molar-refractivity contribution in [2.75, 3.05) is 45.3 Å². The van der Waals surface area contributed by atoms with Gasteiger partial charge in [0.1, 0.15) is 0 Å². The van der Waals surface area contributed by atoms with Gasteiger partial charge in [0, 0.05) is 43.9 Å². The van der Waals surface area contributed by atoms with Gasteiger partial charge >= 0.3 is 0 Å². The molecule has 0 amide bonds. The summed E-state index contributed by atoms with van der Waals surface area (Å²) in [5.74, 6) is 0.215. The Balaban J connectivity index is 1.83. The van der Waals surface area contributed by atoms with Crippen molar-refractivity contribution in [1.29, 1.82) is 0 Å². The Morgan fingerprint density at radius 2 is 1.51 bits per heavy atom. The van der Waals surface area contributed by atoms with Crippen molar-refractivity contribution < 1.29 is 9.53 Å². The van der Waals surface area contributed by atoms with E-state index < -0.39 is 5.54 Å². The lowest BCUT2D eigenvalue weighted by Crippen LogP contribution is -2.54. The molecule has 1 heterocycles. The van der Waals surface area contributed by atoms with E-state index in [-0.39, 0.29) is 11.2 Å². The summed E-state index contributed by atoms with van der Waals surface area (Å²) in [6.45, 7) is 11.7. The van der Waals surface area contributed by atoms with Crippen LogP contribution in [0.25, 0.3) is 11.1 Å². The van der Waals surface area contributed by atoms with Gasteiger partial charge in [-0.3, -0.25) is 9.69 Å². The maximum Gasteiger partial charge on any atom is 0.182 e. The molecule has 4 rings (SSSR count). The number of carbonyl (C=O) groups excluding carboxylic acids is 1. The first kappa shape index (κ1) is 25.9. The zero-order chi connectivity index (χ0) is 25.2. The maximum absolute atomic E-state index is 13.9. The molecule has 4 nitrogen and oxygen atoms in total. The third kappa shape index (κ3) is 4.68. The van der Waals surface area contributed by atoms with E-state index in [4.69, 9.17) is 4.74 Å². The van der Waals surface area contributed by atoms with Crippen LogP contribution in [0.15, 0.2) is 36.4 Å². The Kier molecular flexibility index (Phi) is 7.73. The van der Waals surface area contributed by atoms with Gasteiger partial charge in [-0.1, -0.05) is 57.7 Å². The number of benzene rings is 2. The zero-order valence-corrected chi connectivity index (χ0v) is 22.7. The molecular weight excluding hydrogens is 432 g/mol. The molecule has 1 saturated heterocycles. The molecular formula is C31H44N2O2. The lowest BCUT2D eigenvalue weighted by atomic mass is 9.70. The molecule has 0 spiro atoms. The highest BCUT2D eigenvalue weighted by molar-refractivity contribution is 6.03. The second-order valence-electron chi connectivity index (χ2n) is 11.2. The quantitative estimate of drug-likeness (QED) is 0.358. The van der Waals surface area contributed by atoms with E-state index in [1.807, 2.05) is 0 Å². The number of Topliss-reactive ketones (excluding diaryl/α,β-unsaturated/α-hetero) is 1. The van der Waals surface area contributed by atoms with Gasteiger partial charge in [0.05, 0.1) is 18.8 Å². The van der Waals surface area contributed by atoms with Gasteiger partial charge in [-0.25, -0.2) is 0 Å². The highest BCUT2D eigenvalue weighted by Crippen LogP contribution is 2.55. The second-order valence-corrected chi connectivity index (χ2v) is 11.2. The van der Waals surface area contributed by atoms with Crippen molar-refractivity contribution >= 4 is 11.5 Å². The minimum atomic E-state index is -0.545. The highest BCUT2D eigenvalue weighted by Gasteiger charge is 2.44. The predicted octanol–water partition coefficient (Wildman–Crippen LogP) is 6.69. The number of anilines is 1. The van der Waals surface area contributed by atoms with Crippen LogP contribution in [0.4, 0.5) is 5.69 Å². The van der Waals surface area contributed by atoms with Crippen LogP contribution in [-0.4, -0.2) is 56.6 Å². The average Bonchev–Trinajstić information content (AvgIpc) is 3.14. The summed E-state index contributed by atoms with van der Waals surface area (Å²) in [6, 6.07) is 13.5. The van der Waals surface area contributed by atoms with Gasteiger partial charge in [0.25, 0.3) is 0 Å². The minimum Gasteiger partial charge on any atom is -0.379 e. The van der Waals surface area contributed by atoms with E-state index in [0.29, 0.717) is 13.2 Å². The van der Waals surface area contributed by atoms with Crippen LogP contribution in [0, 0.1) is 0 Å². The fourth-order valence-electron chi connectivity index (χ4n) is 6.14. The summed E-state index contributed by atoms with van der Waals surface area (Å²) in [7, 11) is 4.24. The SMILES string of the molecule is CCCCC1(CCCC)c2cc(C(=O)C(C)(C)N3CCOCC3)ccc2-c2ccc(N(C)C)cc21. The molecule has 0 atom stereocenters. The molecule has 1 aliphatic carbocycles. The molecule has 35 heavy (non-hydrogen) atoms. The van der Waals surface area contributed by atoms with E-state index in [0.717, 1.165) is 31.5 Å². The molecule has 4 heteroatoms. The fourth-order valence-corrected chi connectivity index (χ4v) is 6.14. The van der Waals surface area contributed by atoms with Gasteiger partial charge in [-0.05, 0) is 67.1 Å². The van der Waals surface area contributed by atoms with Crippen molar-refractivity contribution in [3.63, 3.8) is 0 Å². The Morgan fingerprint density at radius 3 is 2.09 bits per heavy atom. The van der Waals surface area contributed by atoms with Crippen molar-refractivity contribution in [1.82, 2.24) is 4.90 Å². The lowest BCUT2D eigenvalue weighted by molar-refractivity contribution is -0.00430. The van der Waals surface area contributed by atoms with Gasteiger partial charge < -0.3 is 9.64 Å². The summed E-state index contributed by atoms with van der Waals surface area (Å²) in [5, 5.41) is 0. The van der Waals surface area contributed by atoms with E-state index in [1.54, 1.807) is 0 Å². The van der Waals surface area contributed by atoms with Crippen LogP contribution in [0.3, 0.4) is 0 Å². The van der Waals surface area contributed by atoms with Gasteiger partial charge in [0.15, 0.2) is 5.78 Å². The monoisotopic (exact) mass is 476 g/mol. The first-order valence-corrected chi connectivity index (χ1v) is 13.6. The third-order valence-corrected chi connectivity index (χ3v) is 8.39. The summed E-state index contributed by atoms with van der Waals surface area (Å²) in [6.07, 6.45) is 6.98. The number of carbonyl (C=O) groups is 1. The predicted molar refractivity (Wildman–Crippen MR) is 147 cm³/mol. The van der Waals surface area contributed by atoms with Crippen molar-refractivity contribution in [2.24, 2.45) is 0 Å². The number of unbranched alkanes of at least 4 members (excludes halogenated alkanes) is 2. The zero-order valence-electron chi connectivity index (χ0n) is 22.7. The van der Waals surface area contributed by atoms with E-state index >= 15 is 0 Å². The smallest absolute Gasteiger partial charge is 0.182 e. The molecule has 2 aromatic carbocycles. The number of rotatable bonds is 10. The molecule has 0 radical (unpaired) electrons. The summed E-state index contributed by atoms with van der Waals surface area (Å²) in [4.78, 5) is 18.4. The van der Waals surface area contributed by atoms with Gasteiger partial charge in [-0.15, -0.1) is 0 Å². The summed E-state index contributed by atoms with van der Waals surface area (Å²) in [5.41, 5.74) is 7.02. The Labute approximate surface area is 212 Å². The average molecular weight is 477 g/mol. The number of fused-ring (bicyclic) bond motifs is 3. The number of morpholine rings is 1. The molecule has 2 aromatic rings. The van der Waals surface area contributed by atoms with E-state index in [9.17, 15) is 4.79 Å². The van der Waals surface area contributed by atoms with Crippen LogP contribution in [-0.2, 0) is 10.2 Å². The molecule has 0 unspecified atom stereocenters. The minimum absolute atomic E-state index is 0.0257. The fraction of sp³-hybridized carbons (Fsp3) is 0.581. The van der Waals surface area contributed by atoms with E-state index in [2.05, 4.69) is 88.0 Å². The summed E-state index contributed by atoms with van der Waals surface area (Å²) >= 11 is 0. The van der Waals surface area contributed by atoms with Crippen molar-refractivity contribution in [3.05, 3.63) is 53.1 Å². The molecule has 1 aliphatic heterocycles. The van der Waals surface area contributed by atoms with Crippen molar-refractivity contribution in [2.45, 2.75) is 77.2 Å². The van der Waals surface area contributed by atoms with Crippen LogP contribution in [0.5, 0.6) is 0 Å². The number of ketones is 1. The topological polar surface area (TPSA) is 32.8 Å². The number of hydrogen-bond acceptors (Lipinski definition) is 4. The number of hydrogen-bond donors (Lipinski definition) is 0. The van der Waals surface area contributed by atoms with Crippen molar-refractivity contribution in [3.8, 4) is 11.1 Å². The van der Waals surface area contributed by atoms with Crippen LogP contribution >= 0.6 is 0 Å². The number of ether oxygens (including phenoxy) is 1. The number of nitrogens with zero attached hydrogens (tertiary/aromatic N) is 2. The highest BCUT2D eigenvalue weighted by atomic mass is 16.5. The molecule has 2 aliphatic rings. The molecule has 1 fully saturated rings. The van der Waals surface area contributed by atoms with Crippen LogP contribution in [0.1, 0.15) is 87.7 Å². The van der Waals surface area contributed by atoms with Crippen LogP contribution < -0.4 is 4.90 Å². The molecule has 0 bridgehead atoms. The maximum atomic E-state index is 13.9. The summed E-state index contributed by atoms with van der Waals surface area (Å²) < 4.78 is 5.55. The Hall–Kier alpha value is -2.17. The first-order valence-electron chi connectivity index (χ1n) is 13.6. The first-order chi connectivity index (χ1) is 16.8. The van der Waals surface area contributed by atoms with Crippen LogP contribution in [0.2, 0.25) is 0 Å². The largest absolute Gasteiger partial charge is 0.379 e. The van der Waals surface area contributed by atoms with Gasteiger partial charge in [0.2, 0.25) is 0 Å². The molecule has 0 N–H and O–H groups in total. The molecule has 0 saturated carbocycles. The lowest BCUT2D eigenvalue weighted by Gasteiger charge is -2.39. The Morgan fingerprint density at radius 1 is 0.943 bits per heavy atom. The normalized spacial score (nSPS) is 17.2. The molecule has 0 aromatic heterocycles.